The van der Waals surface area contributed by atoms with Gasteiger partial charge in [-0.2, -0.15) is 0 Å². The smallest absolute Gasteiger partial charge is 0.333 e. The van der Waals surface area contributed by atoms with Crippen LogP contribution in [0.4, 0.5) is 0 Å². The summed E-state index contributed by atoms with van der Waals surface area (Å²) in [6.07, 6.45) is 30.9. The molecule has 1 N–H and O–H groups in total. The minimum atomic E-state index is -0.856. The molecular formula is C46H90O6. The lowest BCUT2D eigenvalue weighted by Gasteiger charge is -2.35. The van der Waals surface area contributed by atoms with E-state index in [1.54, 1.807) is 6.92 Å². The van der Waals surface area contributed by atoms with Crippen molar-refractivity contribution in [3.8, 4) is 0 Å². The Morgan fingerprint density at radius 2 is 0.923 bits per heavy atom. The molecule has 0 aliphatic rings. The van der Waals surface area contributed by atoms with Gasteiger partial charge in [0.25, 0.3) is 0 Å². The van der Waals surface area contributed by atoms with Crippen LogP contribution in [0.3, 0.4) is 0 Å². The zero-order chi connectivity index (χ0) is 39.0. The summed E-state index contributed by atoms with van der Waals surface area (Å²) in [7, 11) is 0. The van der Waals surface area contributed by atoms with E-state index < -0.39 is 17.9 Å². The minimum absolute atomic E-state index is 0.0893. The predicted molar refractivity (Wildman–Crippen MR) is 222 cm³/mol. The van der Waals surface area contributed by atoms with E-state index in [0.29, 0.717) is 23.0 Å². The fourth-order valence-corrected chi connectivity index (χ4v) is 6.61. The molecule has 310 valence electrons. The van der Waals surface area contributed by atoms with Crippen molar-refractivity contribution in [2.45, 2.75) is 234 Å². The number of hydrogen-bond acceptors (Lipinski definition) is 6. The minimum Gasteiger partial charge on any atom is -0.460 e. The van der Waals surface area contributed by atoms with Gasteiger partial charge in [-0.25, -0.2) is 4.79 Å². The van der Waals surface area contributed by atoms with Crippen molar-refractivity contribution in [1.82, 2.24) is 0 Å². The van der Waals surface area contributed by atoms with Crippen LogP contribution in [0.25, 0.3) is 0 Å². The molecule has 52 heavy (non-hydrogen) atoms. The topological polar surface area (TPSA) is 74.2 Å². The fraction of sp³-hybridized carbons (Fsp3) is 0.935. The number of aliphatic hydroxyl groups is 1. The average molecular weight is 739 g/mol. The Kier molecular flexibility index (Phi) is 31.7. The van der Waals surface area contributed by atoms with Crippen molar-refractivity contribution in [1.29, 1.82) is 0 Å². The van der Waals surface area contributed by atoms with Crippen LogP contribution < -0.4 is 0 Å². The van der Waals surface area contributed by atoms with Crippen LogP contribution in [0.5, 0.6) is 0 Å². The second kappa shape index (κ2) is 32.3. The quantitative estimate of drug-likeness (QED) is 0.0296. The van der Waals surface area contributed by atoms with Gasteiger partial charge in [0.1, 0.15) is 12.7 Å². The van der Waals surface area contributed by atoms with E-state index in [9.17, 15) is 9.90 Å². The van der Waals surface area contributed by atoms with E-state index in [4.69, 9.17) is 18.9 Å². The molecule has 0 aromatic heterocycles. The summed E-state index contributed by atoms with van der Waals surface area (Å²) in [6, 6.07) is 0. The van der Waals surface area contributed by atoms with Gasteiger partial charge in [0.05, 0.1) is 19.8 Å². The Morgan fingerprint density at radius 1 is 0.538 bits per heavy atom. The number of hydrogen-bond donors (Lipinski definition) is 1. The zero-order valence-electron chi connectivity index (χ0n) is 36.2. The molecule has 0 amide bonds. The Hall–Kier alpha value is -0.950. The van der Waals surface area contributed by atoms with Gasteiger partial charge in [-0.1, -0.05) is 171 Å². The van der Waals surface area contributed by atoms with Gasteiger partial charge in [-0.15, -0.1) is 0 Å². The van der Waals surface area contributed by atoms with Crippen LogP contribution in [0, 0.1) is 10.8 Å². The van der Waals surface area contributed by atoms with E-state index in [0.717, 1.165) is 51.7 Å². The van der Waals surface area contributed by atoms with Crippen molar-refractivity contribution in [3.05, 3.63) is 12.2 Å². The molecule has 0 saturated heterocycles. The molecule has 1 unspecified atom stereocenters. The molecule has 0 fully saturated rings. The molecule has 0 aromatic rings. The normalized spacial score (nSPS) is 13.1. The lowest BCUT2D eigenvalue weighted by Crippen LogP contribution is -2.37. The van der Waals surface area contributed by atoms with E-state index in [1.165, 1.54) is 128 Å². The molecule has 0 bridgehead atoms. The number of ether oxygens (including phenoxy) is 4. The van der Waals surface area contributed by atoms with Gasteiger partial charge in [0.2, 0.25) is 0 Å². The number of carbonyl (C=O) groups excluding carboxylic acids is 1. The lowest BCUT2D eigenvalue weighted by molar-refractivity contribution is -0.248. The second-order valence-corrected chi connectivity index (χ2v) is 18.3. The second-order valence-electron chi connectivity index (χ2n) is 18.3. The third-order valence-electron chi connectivity index (χ3n) is 9.95. The molecule has 6 heteroatoms. The van der Waals surface area contributed by atoms with Crippen molar-refractivity contribution >= 4 is 5.97 Å². The van der Waals surface area contributed by atoms with Crippen molar-refractivity contribution in [2.75, 3.05) is 33.0 Å². The van der Waals surface area contributed by atoms with Crippen LogP contribution >= 0.6 is 0 Å². The van der Waals surface area contributed by atoms with Gasteiger partial charge in [-0.3, -0.25) is 0 Å². The van der Waals surface area contributed by atoms with Crippen molar-refractivity contribution in [3.63, 3.8) is 0 Å². The van der Waals surface area contributed by atoms with Crippen molar-refractivity contribution < 1.29 is 28.8 Å². The van der Waals surface area contributed by atoms with Crippen LogP contribution in [0.15, 0.2) is 12.2 Å². The SMILES string of the molecule is C=C(C)C(=O)OCC(O)COCCCC(CCCCCCCCC)(OCCCCCCCCCC(C)(C)C)OCCCCCCCCCC(C)(C)C. The molecule has 1 atom stereocenters. The van der Waals surface area contributed by atoms with Crippen LogP contribution in [0.2, 0.25) is 0 Å². The van der Waals surface area contributed by atoms with Crippen LogP contribution in [-0.2, 0) is 23.7 Å². The molecule has 6 nitrogen and oxygen atoms in total. The molecule has 0 saturated carbocycles. The highest BCUT2D eigenvalue weighted by Crippen LogP contribution is 2.30. The standard InChI is InChI=1S/C46H90O6/c1-10-11-12-13-16-23-28-34-46(35-31-36-49-39-42(47)40-50-43(48)41(2)3,51-37-29-24-19-14-17-21-26-32-44(4,5)6)52-38-30-25-20-15-18-22-27-33-45(7,8)9/h42,47H,2,10-40H2,1,3-9H3. The van der Waals surface area contributed by atoms with Crippen LogP contribution in [0.1, 0.15) is 222 Å². The van der Waals surface area contributed by atoms with Gasteiger partial charge < -0.3 is 24.1 Å². The summed E-state index contributed by atoms with van der Waals surface area (Å²) in [4.78, 5) is 11.7. The maximum atomic E-state index is 11.7. The lowest BCUT2D eigenvalue weighted by atomic mass is 9.89. The van der Waals surface area contributed by atoms with Gasteiger partial charge in [-0.05, 0) is 56.3 Å². The third kappa shape index (κ3) is 34.8. The van der Waals surface area contributed by atoms with E-state index in [1.807, 2.05) is 0 Å². The summed E-state index contributed by atoms with van der Waals surface area (Å²) in [5.41, 5.74) is 1.21. The van der Waals surface area contributed by atoms with E-state index in [2.05, 4.69) is 55.0 Å². The Balaban J connectivity index is 5.05. The molecule has 0 spiro atoms. The molecule has 0 aromatic carbocycles. The fourth-order valence-electron chi connectivity index (χ4n) is 6.61. The summed E-state index contributed by atoms with van der Waals surface area (Å²) in [5.74, 6) is -1.07. The Bertz CT molecular complexity index is 792. The molecule has 0 aliphatic carbocycles. The van der Waals surface area contributed by atoms with Gasteiger partial charge in [0, 0.05) is 25.0 Å². The highest BCUT2D eigenvalue weighted by Gasteiger charge is 2.31. The number of rotatable bonds is 37. The van der Waals surface area contributed by atoms with Gasteiger partial charge in [0.15, 0.2) is 5.79 Å². The highest BCUT2D eigenvalue weighted by atomic mass is 16.7. The zero-order valence-corrected chi connectivity index (χ0v) is 36.2. The number of unbranched alkanes of at least 4 members (excludes halogenated alkanes) is 18. The number of esters is 1. The first-order chi connectivity index (χ1) is 24.7. The summed E-state index contributed by atoms with van der Waals surface area (Å²) >= 11 is 0. The van der Waals surface area contributed by atoms with Crippen LogP contribution in [-0.4, -0.2) is 56.0 Å². The average Bonchev–Trinajstić information content (AvgIpc) is 3.07. The van der Waals surface area contributed by atoms with Gasteiger partial charge >= 0.3 is 5.97 Å². The van der Waals surface area contributed by atoms with Crippen molar-refractivity contribution in [2.24, 2.45) is 10.8 Å². The first-order valence-corrected chi connectivity index (χ1v) is 22.1. The highest BCUT2D eigenvalue weighted by molar-refractivity contribution is 5.86. The number of aliphatic hydroxyl groups excluding tert-OH is 1. The Labute approximate surface area is 324 Å². The first-order valence-electron chi connectivity index (χ1n) is 22.1. The molecule has 0 radical (unpaired) electrons. The molecule has 0 heterocycles. The third-order valence-corrected chi connectivity index (χ3v) is 9.95. The summed E-state index contributed by atoms with van der Waals surface area (Å²) in [6.45, 7) is 23.5. The largest absolute Gasteiger partial charge is 0.460 e. The molecule has 0 rings (SSSR count). The Morgan fingerprint density at radius 3 is 1.35 bits per heavy atom. The molecule has 0 aliphatic heterocycles. The molecular weight excluding hydrogens is 649 g/mol. The van der Waals surface area contributed by atoms with E-state index in [-0.39, 0.29) is 13.2 Å². The summed E-state index contributed by atoms with van der Waals surface area (Å²) < 4.78 is 24.5. The summed E-state index contributed by atoms with van der Waals surface area (Å²) in [5, 5.41) is 10.2. The van der Waals surface area contributed by atoms with E-state index >= 15 is 0 Å². The maximum absolute atomic E-state index is 11.7. The predicted octanol–water partition coefficient (Wildman–Crippen LogP) is 13.5. The monoisotopic (exact) mass is 739 g/mol. The number of carbonyl (C=O) groups is 1. The maximum Gasteiger partial charge on any atom is 0.333 e. The first kappa shape index (κ1) is 51.0.